The van der Waals surface area contributed by atoms with Crippen molar-refractivity contribution in [2.45, 2.75) is 0 Å². The van der Waals surface area contributed by atoms with Crippen LogP contribution in [0.3, 0.4) is 0 Å². The molecule has 7 nitrogen and oxygen atoms in total. The van der Waals surface area contributed by atoms with Gasteiger partial charge in [0.1, 0.15) is 22.8 Å². The highest BCUT2D eigenvalue weighted by Crippen LogP contribution is 2.40. The Morgan fingerprint density at radius 1 is 0.677 bits per heavy atom. The van der Waals surface area contributed by atoms with Crippen molar-refractivity contribution in [3.8, 4) is 46.0 Å². The zero-order valence-electron chi connectivity index (χ0n) is 16.4. The highest BCUT2D eigenvalue weighted by atomic mass is 16.5. The predicted octanol–water partition coefficient (Wildman–Crippen LogP) is 4.64. The predicted molar refractivity (Wildman–Crippen MR) is 117 cm³/mol. The molecule has 0 aliphatic carbocycles. The molecule has 0 fully saturated rings. The number of benzene rings is 4. The van der Waals surface area contributed by atoms with Crippen LogP contribution in [0, 0.1) is 0 Å². The van der Waals surface area contributed by atoms with Crippen LogP contribution < -0.4 is 4.74 Å². The Bertz CT molecular complexity index is 1440. The zero-order valence-corrected chi connectivity index (χ0v) is 16.4. The lowest BCUT2D eigenvalue weighted by Gasteiger charge is -2.12. The number of hydrogen-bond donors (Lipinski definition) is 3. The molecule has 4 aromatic carbocycles. The summed E-state index contributed by atoms with van der Waals surface area (Å²) in [5, 5.41) is 34.3. The number of fused-ring (bicyclic) bond motifs is 3. The molecule has 1 aromatic heterocycles. The van der Waals surface area contributed by atoms with Gasteiger partial charge in [-0.1, -0.05) is 48.5 Å². The van der Waals surface area contributed by atoms with Gasteiger partial charge in [0.15, 0.2) is 11.6 Å². The molecule has 0 bridgehead atoms. The average molecular weight is 411 g/mol. The summed E-state index contributed by atoms with van der Waals surface area (Å²) in [7, 11) is 1.43. The van der Waals surface area contributed by atoms with Crippen LogP contribution in [0.5, 0.6) is 23.3 Å². The number of hydrogen-bond acceptors (Lipinski definition) is 7. The molecular formula is C24H17N3O4. The van der Waals surface area contributed by atoms with Crippen LogP contribution in [0.25, 0.3) is 44.3 Å². The fraction of sp³-hybridized carbons (Fsp3) is 0.0417. The Kier molecular flexibility index (Phi) is 4.29. The second-order valence-electron chi connectivity index (χ2n) is 7.02. The van der Waals surface area contributed by atoms with E-state index in [1.54, 1.807) is 0 Å². The fourth-order valence-electron chi connectivity index (χ4n) is 3.75. The first-order valence-electron chi connectivity index (χ1n) is 9.51. The summed E-state index contributed by atoms with van der Waals surface area (Å²) >= 11 is 0. The average Bonchev–Trinajstić information content (AvgIpc) is 2.77. The number of methoxy groups -OCH3 is 1. The first kappa shape index (κ1) is 18.6. The monoisotopic (exact) mass is 411 g/mol. The van der Waals surface area contributed by atoms with Gasteiger partial charge in [-0.25, -0.2) is 4.98 Å². The molecule has 0 aliphatic rings. The molecular weight excluding hydrogens is 394 g/mol. The van der Waals surface area contributed by atoms with E-state index in [1.165, 1.54) is 7.11 Å². The second kappa shape index (κ2) is 7.14. The van der Waals surface area contributed by atoms with Crippen LogP contribution in [0.4, 0.5) is 0 Å². The summed E-state index contributed by atoms with van der Waals surface area (Å²) in [5.41, 5.74) is 0.735. The minimum absolute atomic E-state index is 0.0223. The minimum atomic E-state index is -0.361. The molecule has 152 valence electrons. The summed E-state index contributed by atoms with van der Waals surface area (Å²) in [6.07, 6.45) is 0. The number of nitrogens with zero attached hydrogens (tertiary/aromatic N) is 3. The van der Waals surface area contributed by atoms with Crippen molar-refractivity contribution in [3.63, 3.8) is 0 Å². The number of rotatable bonds is 3. The number of ether oxygens (including phenoxy) is 1. The van der Waals surface area contributed by atoms with Gasteiger partial charge in [-0.2, -0.15) is 9.97 Å². The van der Waals surface area contributed by atoms with Gasteiger partial charge < -0.3 is 20.1 Å². The van der Waals surface area contributed by atoms with Crippen LogP contribution >= 0.6 is 0 Å². The van der Waals surface area contributed by atoms with E-state index in [1.807, 2.05) is 48.5 Å². The maximum atomic E-state index is 10.3. The van der Waals surface area contributed by atoms with Crippen LogP contribution in [-0.4, -0.2) is 37.4 Å². The molecule has 0 spiro atoms. The van der Waals surface area contributed by atoms with Crippen molar-refractivity contribution in [2.75, 3.05) is 7.11 Å². The molecule has 5 rings (SSSR count). The van der Waals surface area contributed by atoms with Crippen LogP contribution in [0.2, 0.25) is 0 Å². The third kappa shape index (κ3) is 3.12. The van der Waals surface area contributed by atoms with Crippen molar-refractivity contribution in [3.05, 3.63) is 66.7 Å². The Labute approximate surface area is 176 Å². The summed E-state index contributed by atoms with van der Waals surface area (Å²) in [6.45, 7) is 0. The molecule has 0 aliphatic heterocycles. The van der Waals surface area contributed by atoms with E-state index in [4.69, 9.17) is 4.74 Å². The van der Waals surface area contributed by atoms with Gasteiger partial charge in [0.2, 0.25) is 0 Å². The Morgan fingerprint density at radius 3 is 2.00 bits per heavy atom. The molecule has 7 heteroatoms. The van der Waals surface area contributed by atoms with E-state index in [9.17, 15) is 15.3 Å². The molecule has 3 N–H and O–H groups in total. The van der Waals surface area contributed by atoms with E-state index >= 15 is 0 Å². The first-order valence-corrected chi connectivity index (χ1v) is 9.51. The lowest BCUT2D eigenvalue weighted by atomic mass is 9.97. The SMILES string of the molecule is COc1nc(-c2c(O)cc(O)cc2O)nc(-c2cc3ccccc3c3ccccc23)n1. The molecule has 0 saturated carbocycles. The van der Waals surface area contributed by atoms with Crippen LogP contribution in [-0.2, 0) is 0 Å². The van der Waals surface area contributed by atoms with Crippen molar-refractivity contribution < 1.29 is 20.1 Å². The van der Waals surface area contributed by atoms with Gasteiger partial charge in [0, 0.05) is 17.7 Å². The Morgan fingerprint density at radius 2 is 1.29 bits per heavy atom. The Hall–Kier alpha value is -4.39. The summed E-state index contributed by atoms with van der Waals surface area (Å²) in [5.74, 6) is -0.648. The zero-order chi connectivity index (χ0) is 21.5. The fourth-order valence-corrected chi connectivity index (χ4v) is 3.75. The normalized spacial score (nSPS) is 11.1. The lowest BCUT2D eigenvalue weighted by molar-refractivity contribution is 0.379. The summed E-state index contributed by atoms with van der Waals surface area (Å²) in [6, 6.07) is 20.2. The topological polar surface area (TPSA) is 109 Å². The quantitative estimate of drug-likeness (QED) is 0.371. The van der Waals surface area contributed by atoms with E-state index < -0.39 is 0 Å². The standard InChI is InChI=1S/C24H17N3O4/c1-31-24-26-22(25-23(27-24)21-19(29)11-14(28)12-20(21)30)18-10-13-6-2-3-7-15(13)16-8-4-5-9-17(16)18/h2-12,28-30H,1H3. The maximum Gasteiger partial charge on any atom is 0.320 e. The van der Waals surface area contributed by atoms with E-state index in [-0.39, 0.29) is 34.6 Å². The highest BCUT2D eigenvalue weighted by molar-refractivity contribution is 6.13. The Balaban J connectivity index is 1.82. The van der Waals surface area contributed by atoms with Crippen molar-refractivity contribution in [2.24, 2.45) is 0 Å². The molecule has 31 heavy (non-hydrogen) atoms. The van der Waals surface area contributed by atoms with Gasteiger partial charge in [0.25, 0.3) is 0 Å². The van der Waals surface area contributed by atoms with Crippen LogP contribution in [0.1, 0.15) is 0 Å². The second-order valence-corrected chi connectivity index (χ2v) is 7.02. The molecule has 0 atom stereocenters. The van der Waals surface area contributed by atoms with Crippen molar-refractivity contribution >= 4 is 21.5 Å². The lowest BCUT2D eigenvalue weighted by Crippen LogP contribution is -2.01. The van der Waals surface area contributed by atoms with Crippen molar-refractivity contribution in [1.29, 1.82) is 0 Å². The third-order valence-electron chi connectivity index (χ3n) is 5.11. The van der Waals surface area contributed by atoms with Gasteiger partial charge in [-0.05, 0) is 27.6 Å². The molecule has 0 saturated heterocycles. The summed E-state index contributed by atoms with van der Waals surface area (Å²) in [4.78, 5) is 13.1. The molecule has 5 aromatic rings. The third-order valence-corrected chi connectivity index (χ3v) is 5.11. The first-order chi connectivity index (χ1) is 15.0. The highest BCUT2D eigenvalue weighted by Gasteiger charge is 2.20. The molecule has 0 radical (unpaired) electrons. The number of phenolic OH excluding ortho intramolecular Hbond substituents is 3. The van der Waals surface area contributed by atoms with Gasteiger partial charge in [-0.15, -0.1) is 0 Å². The number of phenols is 3. The molecule has 1 heterocycles. The molecule has 0 amide bonds. The molecule has 0 unspecified atom stereocenters. The van der Waals surface area contributed by atoms with E-state index in [0.717, 1.165) is 39.2 Å². The van der Waals surface area contributed by atoms with E-state index in [0.29, 0.717) is 5.82 Å². The minimum Gasteiger partial charge on any atom is -0.508 e. The number of aromatic hydroxyl groups is 3. The van der Waals surface area contributed by atoms with Crippen LogP contribution in [0.15, 0.2) is 66.7 Å². The summed E-state index contributed by atoms with van der Waals surface area (Å²) < 4.78 is 5.27. The largest absolute Gasteiger partial charge is 0.508 e. The van der Waals surface area contributed by atoms with E-state index in [2.05, 4.69) is 21.0 Å². The maximum absolute atomic E-state index is 10.3. The van der Waals surface area contributed by atoms with Gasteiger partial charge >= 0.3 is 6.01 Å². The van der Waals surface area contributed by atoms with Crippen molar-refractivity contribution in [1.82, 2.24) is 15.0 Å². The smallest absolute Gasteiger partial charge is 0.320 e. The number of aromatic nitrogens is 3. The van der Waals surface area contributed by atoms with Gasteiger partial charge in [-0.3, -0.25) is 0 Å². The van der Waals surface area contributed by atoms with Gasteiger partial charge in [0.05, 0.1) is 7.11 Å².